The summed E-state index contributed by atoms with van der Waals surface area (Å²) in [5.74, 6) is 2.12. The summed E-state index contributed by atoms with van der Waals surface area (Å²) in [6.45, 7) is 7.29. The van der Waals surface area contributed by atoms with Crippen molar-refractivity contribution in [1.29, 1.82) is 0 Å². The highest BCUT2D eigenvalue weighted by atomic mass is 16.5. The Balaban J connectivity index is 1.55. The Hall–Kier alpha value is -1.59. The van der Waals surface area contributed by atoms with E-state index in [2.05, 4.69) is 34.6 Å². The van der Waals surface area contributed by atoms with Gasteiger partial charge < -0.3 is 15.4 Å². The van der Waals surface area contributed by atoms with Gasteiger partial charge in [-0.2, -0.15) is 0 Å². The van der Waals surface area contributed by atoms with E-state index < -0.39 is 0 Å². The first kappa shape index (κ1) is 20.2. The number of nitrogens with zero attached hydrogens (tertiary/aromatic N) is 1. The van der Waals surface area contributed by atoms with Crippen molar-refractivity contribution in [2.75, 3.05) is 39.8 Å². The summed E-state index contributed by atoms with van der Waals surface area (Å²) in [5, 5.41) is 6.68. The molecule has 2 aliphatic heterocycles. The second kappa shape index (κ2) is 10.1. The number of nitrogens with one attached hydrogen (secondary N) is 2. The average molecular weight is 374 g/mol. The number of methoxy groups -OCH3 is 1. The number of hydrogen-bond acceptors (Lipinski definition) is 4. The van der Waals surface area contributed by atoms with Crippen molar-refractivity contribution in [1.82, 2.24) is 15.5 Å². The summed E-state index contributed by atoms with van der Waals surface area (Å²) in [6, 6.07) is 8.53. The lowest BCUT2D eigenvalue weighted by Crippen LogP contribution is -2.39. The molecule has 2 aliphatic rings. The number of rotatable bonds is 8. The van der Waals surface area contributed by atoms with Crippen LogP contribution in [0.5, 0.6) is 5.75 Å². The van der Waals surface area contributed by atoms with Gasteiger partial charge in [0.1, 0.15) is 5.75 Å². The first-order valence-corrected chi connectivity index (χ1v) is 10.5. The number of amides is 1. The fourth-order valence-electron chi connectivity index (χ4n) is 4.44. The predicted octanol–water partition coefficient (Wildman–Crippen LogP) is 2.97. The van der Waals surface area contributed by atoms with Crippen molar-refractivity contribution in [3.8, 4) is 5.75 Å². The van der Waals surface area contributed by atoms with Crippen molar-refractivity contribution in [3.05, 3.63) is 29.8 Å². The molecule has 5 heteroatoms. The third kappa shape index (κ3) is 5.69. The molecule has 0 aliphatic carbocycles. The van der Waals surface area contributed by atoms with E-state index in [4.69, 9.17) is 4.74 Å². The number of benzene rings is 1. The van der Waals surface area contributed by atoms with E-state index in [-0.39, 0.29) is 11.9 Å². The molecule has 0 spiro atoms. The summed E-state index contributed by atoms with van der Waals surface area (Å²) >= 11 is 0. The Kier molecular flexibility index (Phi) is 7.53. The molecule has 5 nitrogen and oxygen atoms in total. The molecule has 1 amide bonds. The van der Waals surface area contributed by atoms with Crippen LogP contribution in [-0.2, 0) is 4.79 Å². The lowest BCUT2D eigenvalue weighted by Gasteiger charge is -2.30. The van der Waals surface area contributed by atoms with Gasteiger partial charge in [0.2, 0.25) is 5.91 Å². The molecule has 2 heterocycles. The van der Waals surface area contributed by atoms with E-state index in [1.165, 1.54) is 31.2 Å². The van der Waals surface area contributed by atoms with Crippen LogP contribution in [0.2, 0.25) is 0 Å². The summed E-state index contributed by atoms with van der Waals surface area (Å²) < 4.78 is 5.29. The molecule has 3 rings (SSSR count). The molecule has 0 aromatic heterocycles. The average Bonchev–Trinajstić information content (AvgIpc) is 3.24. The van der Waals surface area contributed by atoms with Crippen LogP contribution in [0.3, 0.4) is 0 Å². The third-order valence-corrected chi connectivity index (χ3v) is 6.22. The Morgan fingerprint density at radius 3 is 2.63 bits per heavy atom. The molecule has 0 saturated carbocycles. The number of likely N-dealkylation sites (tertiary alicyclic amines) is 1. The fourth-order valence-corrected chi connectivity index (χ4v) is 4.44. The maximum absolute atomic E-state index is 12.6. The minimum absolute atomic E-state index is 0.186. The molecule has 1 aromatic rings. The molecule has 27 heavy (non-hydrogen) atoms. The van der Waals surface area contributed by atoms with Gasteiger partial charge in [-0.15, -0.1) is 0 Å². The molecular weight excluding hydrogens is 338 g/mol. The van der Waals surface area contributed by atoms with E-state index in [1.54, 1.807) is 7.11 Å². The highest BCUT2D eigenvalue weighted by Crippen LogP contribution is 2.27. The monoisotopic (exact) mass is 373 g/mol. The van der Waals surface area contributed by atoms with Crippen molar-refractivity contribution in [3.63, 3.8) is 0 Å². The predicted molar refractivity (Wildman–Crippen MR) is 109 cm³/mol. The molecule has 3 atom stereocenters. The van der Waals surface area contributed by atoms with Crippen LogP contribution in [0.1, 0.15) is 50.6 Å². The van der Waals surface area contributed by atoms with Gasteiger partial charge in [-0.3, -0.25) is 9.69 Å². The summed E-state index contributed by atoms with van der Waals surface area (Å²) in [7, 11) is 1.69. The SMILES string of the molecule is COc1ccc(C(CNC(=O)CC(C)C2CCCNC2)N2CCCC2)cc1. The van der Waals surface area contributed by atoms with Crippen molar-refractivity contribution in [2.45, 2.75) is 45.1 Å². The van der Waals surface area contributed by atoms with Crippen LogP contribution in [0, 0.1) is 11.8 Å². The zero-order valence-corrected chi connectivity index (χ0v) is 16.9. The van der Waals surface area contributed by atoms with Gasteiger partial charge >= 0.3 is 0 Å². The zero-order valence-electron chi connectivity index (χ0n) is 16.9. The normalized spacial score (nSPS) is 23.0. The van der Waals surface area contributed by atoms with Gasteiger partial charge in [-0.1, -0.05) is 19.1 Å². The molecule has 1 aromatic carbocycles. The fraction of sp³-hybridized carbons (Fsp3) is 0.682. The molecule has 2 saturated heterocycles. The number of ether oxygens (including phenoxy) is 1. The third-order valence-electron chi connectivity index (χ3n) is 6.22. The molecule has 0 bridgehead atoms. The molecule has 2 fully saturated rings. The highest BCUT2D eigenvalue weighted by molar-refractivity contribution is 5.76. The molecule has 0 radical (unpaired) electrons. The van der Waals surface area contributed by atoms with E-state index in [1.807, 2.05) is 12.1 Å². The van der Waals surface area contributed by atoms with Crippen LogP contribution in [0.15, 0.2) is 24.3 Å². The first-order chi connectivity index (χ1) is 13.2. The standard InChI is InChI=1S/C22H35N3O2/c1-17(19-6-5-11-23-15-19)14-22(26)24-16-21(25-12-3-4-13-25)18-7-9-20(27-2)10-8-18/h7-10,17,19,21,23H,3-6,11-16H2,1-2H3,(H,24,26). The van der Waals surface area contributed by atoms with E-state index in [0.717, 1.165) is 31.9 Å². The highest BCUT2D eigenvalue weighted by Gasteiger charge is 2.25. The number of carbonyl (C=O) groups is 1. The zero-order chi connectivity index (χ0) is 19.1. The molecular formula is C22H35N3O2. The Morgan fingerprint density at radius 2 is 2.00 bits per heavy atom. The lowest BCUT2D eigenvalue weighted by molar-refractivity contribution is -0.122. The summed E-state index contributed by atoms with van der Waals surface area (Å²) in [6.07, 6.45) is 5.58. The number of hydrogen-bond donors (Lipinski definition) is 2. The first-order valence-electron chi connectivity index (χ1n) is 10.5. The van der Waals surface area contributed by atoms with Gasteiger partial charge in [0, 0.05) is 13.0 Å². The number of carbonyl (C=O) groups excluding carboxylic acids is 1. The van der Waals surface area contributed by atoms with Crippen molar-refractivity contribution < 1.29 is 9.53 Å². The van der Waals surface area contributed by atoms with E-state index in [0.29, 0.717) is 24.8 Å². The van der Waals surface area contributed by atoms with Crippen LogP contribution >= 0.6 is 0 Å². The van der Waals surface area contributed by atoms with Gasteiger partial charge in [0.05, 0.1) is 13.2 Å². The molecule has 150 valence electrons. The molecule has 3 unspecified atom stereocenters. The van der Waals surface area contributed by atoms with E-state index in [9.17, 15) is 4.79 Å². The Labute approximate surface area is 163 Å². The minimum atomic E-state index is 0.186. The van der Waals surface area contributed by atoms with Crippen LogP contribution in [0.25, 0.3) is 0 Å². The van der Waals surface area contributed by atoms with Gasteiger partial charge in [-0.25, -0.2) is 0 Å². The number of piperidine rings is 1. The maximum Gasteiger partial charge on any atom is 0.220 e. The van der Waals surface area contributed by atoms with Crippen LogP contribution in [-0.4, -0.2) is 50.6 Å². The van der Waals surface area contributed by atoms with Gasteiger partial charge in [-0.05, 0) is 81.4 Å². The quantitative estimate of drug-likeness (QED) is 0.736. The smallest absolute Gasteiger partial charge is 0.220 e. The summed E-state index contributed by atoms with van der Waals surface area (Å²) in [4.78, 5) is 15.1. The van der Waals surface area contributed by atoms with E-state index >= 15 is 0 Å². The van der Waals surface area contributed by atoms with Gasteiger partial charge in [0.25, 0.3) is 0 Å². The topological polar surface area (TPSA) is 53.6 Å². The lowest BCUT2D eigenvalue weighted by atomic mass is 9.85. The summed E-state index contributed by atoms with van der Waals surface area (Å²) in [5.41, 5.74) is 1.25. The second-order valence-electron chi connectivity index (χ2n) is 8.12. The minimum Gasteiger partial charge on any atom is -0.497 e. The largest absolute Gasteiger partial charge is 0.497 e. The van der Waals surface area contributed by atoms with Crippen molar-refractivity contribution in [2.24, 2.45) is 11.8 Å². The second-order valence-corrected chi connectivity index (χ2v) is 8.12. The molecule has 2 N–H and O–H groups in total. The van der Waals surface area contributed by atoms with Crippen LogP contribution in [0.4, 0.5) is 0 Å². The van der Waals surface area contributed by atoms with Crippen molar-refractivity contribution >= 4 is 5.91 Å². The van der Waals surface area contributed by atoms with Crippen LogP contribution < -0.4 is 15.4 Å². The van der Waals surface area contributed by atoms with Gasteiger partial charge in [0.15, 0.2) is 0 Å². The Morgan fingerprint density at radius 1 is 1.26 bits per heavy atom. The Bertz CT molecular complexity index is 578. The maximum atomic E-state index is 12.6.